The average Bonchev–Trinajstić information content (AvgIpc) is 3.29. The molecule has 4 N–H and O–H groups in total. The van der Waals surface area contributed by atoms with E-state index in [9.17, 15) is 5.11 Å². The van der Waals surface area contributed by atoms with Gasteiger partial charge in [-0.2, -0.15) is 0 Å². The highest BCUT2D eigenvalue weighted by Gasteiger charge is 2.17. The van der Waals surface area contributed by atoms with Gasteiger partial charge in [0.2, 0.25) is 0 Å². The predicted octanol–water partition coefficient (Wildman–Crippen LogP) is 4.70. The topological polar surface area (TPSA) is 87.8 Å². The molecule has 0 aliphatic heterocycles. The molecule has 0 spiro atoms. The summed E-state index contributed by atoms with van der Waals surface area (Å²) in [7, 11) is 0. The molecule has 6 heteroatoms. The second-order valence-electron chi connectivity index (χ2n) is 6.49. The summed E-state index contributed by atoms with van der Waals surface area (Å²) in [6.07, 6.45) is 1.86. The number of aromatic hydroxyl groups is 1. The Kier molecular flexibility index (Phi) is 3.53. The summed E-state index contributed by atoms with van der Waals surface area (Å²) in [6.45, 7) is 0.524. The molecule has 27 heavy (non-hydrogen) atoms. The van der Waals surface area contributed by atoms with E-state index in [1.807, 2.05) is 42.6 Å². The highest BCUT2D eigenvalue weighted by atomic mass is 35.5. The van der Waals surface area contributed by atoms with Crippen LogP contribution in [0.1, 0.15) is 5.56 Å². The van der Waals surface area contributed by atoms with Gasteiger partial charge in [0.15, 0.2) is 0 Å². The van der Waals surface area contributed by atoms with Crippen LogP contribution in [0.2, 0.25) is 5.02 Å². The number of aromatic nitrogens is 3. The lowest BCUT2D eigenvalue weighted by molar-refractivity contribution is 0.476. The number of hydrogen-bond acceptors (Lipinski definition) is 4. The zero-order valence-electron chi connectivity index (χ0n) is 14.2. The van der Waals surface area contributed by atoms with Crippen LogP contribution >= 0.6 is 11.6 Å². The highest BCUT2D eigenvalue weighted by molar-refractivity contribution is 6.32. The maximum Gasteiger partial charge on any atom is 0.139 e. The van der Waals surface area contributed by atoms with Crippen LogP contribution in [0.15, 0.2) is 54.7 Å². The normalized spacial score (nSPS) is 11.6. The fourth-order valence-electron chi connectivity index (χ4n) is 3.38. The maximum absolute atomic E-state index is 9.88. The number of benzene rings is 2. The molecule has 2 aromatic carbocycles. The second-order valence-corrected chi connectivity index (χ2v) is 6.90. The Balaban J connectivity index is 1.61. The first-order valence-electron chi connectivity index (χ1n) is 8.53. The van der Waals surface area contributed by atoms with Gasteiger partial charge in [0.1, 0.15) is 11.4 Å². The minimum atomic E-state index is 0.0415. The maximum atomic E-state index is 9.88. The van der Waals surface area contributed by atoms with E-state index < -0.39 is 0 Å². The quantitative estimate of drug-likeness (QED) is 0.427. The van der Waals surface area contributed by atoms with Gasteiger partial charge in [-0.3, -0.25) is 4.98 Å². The highest BCUT2D eigenvalue weighted by Crippen LogP contribution is 2.37. The first kappa shape index (κ1) is 16.1. The van der Waals surface area contributed by atoms with Crippen LogP contribution in [0.5, 0.6) is 5.75 Å². The van der Waals surface area contributed by atoms with Crippen molar-refractivity contribution in [1.29, 1.82) is 0 Å². The van der Waals surface area contributed by atoms with Gasteiger partial charge in [0, 0.05) is 34.6 Å². The Hall–Kier alpha value is -3.15. The number of pyridine rings is 2. The van der Waals surface area contributed by atoms with Crippen molar-refractivity contribution >= 4 is 33.5 Å². The zero-order valence-corrected chi connectivity index (χ0v) is 15.0. The van der Waals surface area contributed by atoms with Gasteiger partial charge < -0.3 is 15.8 Å². The number of imidazole rings is 1. The average molecular weight is 375 g/mol. The van der Waals surface area contributed by atoms with Crippen LogP contribution in [0.25, 0.3) is 44.5 Å². The van der Waals surface area contributed by atoms with Gasteiger partial charge >= 0.3 is 0 Å². The van der Waals surface area contributed by atoms with Crippen LogP contribution < -0.4 is 5.73 Å². The van der Waals surface area contributed by atoms with Gasteiger partial charge in [0.25, 0.3) is 0 Å². The van der Waals surface area contributed by atoms with E-state index in [0.717, 1.165) is 50.0 Å². The Labute approximate surface area is 159 Å². The molecule has 0 unspecified atom stereocenters. The minimum absolute atomic E-state index is 0.0415. The zero-order chi connectivity index (χ0) is 18.5. The summed E-state index contributed by atoms with van der Waals surface area (Å²) in [5.74, 6) is 0.0415. The lowest BCUT2D eigenvalue weighted by Gasteiger charge is -2.05. The summed E-state index contributed by atoms with van der Waals surface area (Å²) in [4.78, 5) is 12.6. The molecular formula is C21H15ClN4O. The molecule has 5 aromatic rings. The van der Waals surface area contributed by atoms with E-state index in [2.05, 4.69) is 15.0 Å². The van der Waals surface area contributed by atoms with Crippen molar-refractivity contribution in [3.8, 4) is 28.3 Å². The van der Waals surface area contributed by atoms with Crippen LogP contribution in [0.3, 0.4) is 0 Å². The Bertz CT molecular complexity index is 1280. The van der Waals surface area contributed by atoms with Crippen molar-refractivity contribution in [2.45, 2.75) is 6.54 Å². The predicted molar refractivity (Wildman–Crippen MR) is 108 cm³/mol. The molecule has 3 aromatic heterocycles. The molecule has 0 atom stereocenters. The van der Waals surface area contributed by atoms with Crippen molar-refractivity contribution in [3.05, 3.63) is 65.3 Å². The molecule has 132 valence electrons. The largest absolute Gasteiger partial charge is 0.506 e. The van der Waals surface area contributed by atoms with Gasteiger partial charge in [-0.25, -0.2) is 4.98 Å². The Morgan fingerprint density at radius 3 is 2.52 bits per heavy atom. The number of rotatable bonds is 3. The first-order valence-corrected chi connectivity index (χ1v) is 8.91. The molecule has 0 radical (unpaired) electrons. The van der Waals surface area contributed by atoms with Crippen LogP contribution in [-0.4, -0.2) is 20.1 Å². The number of phenolic OH excluding ortho intramolecular Hbond substituents is 1. The standard InChI is InChI=1S/C21H15ClN4O/c22-16-6-5-13(7-18(16)27)19-20-15-10-24-17(8-14(15)21(25-19)26-20)12-3-1-11(9-23)2-4-12/h1-8,10,27H,9,23H2,(H,25,26). The third kappa shape index (κ3) is 2.51. The van der Waals surface area contributed by atoms with Crippen LogP contribution in [0, 0.1) is 0 Å². The van der Waals surface area contributed by atoms with Crippen LogP contribution in [-0.2, 0) is 6.54 Å². The third-order valence-corrected chi connectivity index (χ3v) is 5.16. The van der Waals surface area contributed by atoms with E-state index in [4.69, 9.17) is 17.3 Å². The van der Waals surface area contributed by atoms with Crippen molar-refractivity contribution < 1.29 is 5.11 Å². The lowest BCUT2D eigenvalue weighted by atomic mass is 10.0. The molecule has 0 aliphatic rings. The first-order chi connectivity index (χ1) is 13.1. The molecule has 2 bridgehead atoms. The summed E-state index contributed by atoms with van der Waals surface area (Å²) in [5, 5.41) is 12.2. The number of nitrogens with one attached hydrogen (secondary N) is 1. The van der Waals surface area contributed by atoms with Gasteiger partial charge in [-0.1, -0.05) is 41.9 Å². The molecule has 3 heterocycles. The smallest absolute Gasteiger partial charge is 0.139 e. The molecule has 5 rings (SSSR count). The van der Waals surface area contributed by atoms with E-state index in [1.165, 1.54) is 0 Å². The number of nitrogens with zero attached hydrogens (tertiary/aromatic N) is 2. The number of hydrogen-bond donors (Lipinski definition) is 3. The molecular weight excluding hydrogens is 360 g/mol. The second kappa shape index (κ2) is 5.94. The van der Waals surface area contributed by atoms with Crippen LogP contribution in [0.4, 0.5) is 0 Å². The van der Waals surface area contributed by atoms with Gasteiger partial charge in [-0.05, 0) is 23.8 Å². The SMILES string of the molecule is NCc1ccc(-c2cc3c4nc(-c5ccc(Cl)c(O)c5)c([nH]4)c3cn2)cc1. The van der Waals surface area contributed by atoms with Gasteiger partial charge in [0.05, 0.1) is 21.9 Å². The molecule has 5 nitrogen and oxygen atoms in total. The fourth-order valence-corrected chi connectivity index (χ4v) is 3.50. The number of phenols is 1. The third-order valence-electron chi connectivity index (χ3n) is 4.84. The van der Waals surface area contributed by atoms with E-state index in [0.29, 0.717) is 11.6 Å². The summed E-state index contributed by atoms with van der Waals surface area (Å²) in [6, 6.07) is 15.3. The molecule has 0 amide bonds. The molecule has 0 aliphatic carbocycles. The minimum Gasteiger partial charge on any atom is -0.506 e. The summed E-state index contributed by atoms with van der Waals surface area (Å²) >= 11 is 5.91. The van der Waals surface area contributed by atoms with E-state index >= 15 is 0 Å². The lowest BCUT2D eigenvalue weighted by Crippen LogP contribution is -1.95. The molecule has 0 fully saturated rings. The Morgan fingerprint density at radius 1 is 1.00 bits per heavy atom. The van der Waals surface area contributed by atoms with E-state index in [-0.39, 0.29) is 5.75 Å². The van der Waals surface area contributed by atoms with E-state index in [1.54, 1.807) is 12.1 Å². The van der Waals surface area contributed by atoms with Crippen molar-refractivity contribution in [3.63, 3.8) is 0 Å². The fraction of sp³-hybridized carbons (Fsp3) is 0.0476. The number of nitrogens with two attached hydrogens (primary N) is 1. The number of halogens is 1. The molecule has 0 saturated heterocycles. The van der Waals surface area contributed by atoms with Crippen molar-refractivity contribution in [2.24, 2.45) is 5.73 Å². The summed E-state index contributed by atoms with van der Waals surface area (Å²) < 4.78 is 0. The number of fused-ring (bicyclic) bond motifs is 5. The van der Waals surface area contributed by atoms with Crippen molar-refractivity contribution in [2.75, 3.05) is 0 Å². The number of H-pyrrole nitrogens is 1. The summed E-state index contributed by atoms with van der Waals surface area (Å²) in [5.41, 5.74) is 12.0. The molecule has 0 saturated carbocycles. The monoisotopic (exact) mass is 374 g/mol. The Morgan fingerprint density at radius 2 is 1.78 bits per heavy atom. The number of aromatic amines is 1. The van der Waals surface area contributed by atoms with Crippen molar-refractivity contribution in [1.82, 2.24) is 15.0 Å². The van der Waals surface area contributed by atoms with Gasteiger partial charge in [-0.15, -0.1) is 0 Å².